The first kappa shape index (κ1) is 20.9. The van der Waals surface area contributed by atoms with Crippen LogP contribution in [0.1, 0.15) is 24.8 Å². The van der Waals surface area contributed by atoms with Crippen molar-refractivity contribution in [3.8, 4) is 0 Å². The SMILES string of the molecule is CC[C@@H](C(=O)OCC(=O)Nc1cc(S(C)(=O)=O)ccc1Cl)c1ccccc1. The van der Waals surface area contributed by atoms with E-state index in [1.807, 2.05) is 37.3 Å². The van der Waals surface area contributed by atoms with E-state index in [1.54, 1.807) is 0 Å². The Hall–Kier alpha value is -2.38. The van der Waals surface area contributed by atoms with E-state index in [0.29, 0.717) is 6.42 Å². The van der Waals surface area contributed by atoms with E-state index in [2.05, 4.69) is 5.32 Å². The molecule has 6 nitrogen and oxygen atoms in total. The molecule has 2 aromatic rings. The van der Waals surface area contributed by atoms with Gasteiger partial charge in [-0.1, -0.05) is 48.9 Å². The molecule has 8 heteroatoms. The van der Waals surface area contributed by atoms with Gasteiger partial charge in [0.1, 0.15) is 0 Å². The molecule has 1 amide bonds. The van der Waals surface area contributed by atoms with E-state index >= 15 is 0 Å². The van der Waals surface area contributed by atoms with E-state index in [1.165, 1.54) is 18.2 Å². The number of esters is 1. The van der Waals surface area contributed by atoms with Crippen LogP contribution in [0.5, 0.6) is 0 Å². The van der Waals surface area contributed by atoms with Gasteiger partial charge in [-0.3, -0.25) is 9.59 Å². The lowest BCUT2D eigenvalue weighted by atomic mass is 9.97. The minimum atomic E-state index is -3.44. The number of carbonyl (C=O) groups is 2. The van der Waals surface area contributed by atoms with Gasteiger partial charge in [0.2, 0.25) is 0 Å². The highest BCUT2D eigenvalue weighted by Crippen LogP contribution is 2.25. The van der Waals surface area contributed by atoms with Crippen LogP contribution in [0.4, 0.5) is 5.69 Å². The fourth-order valence-electron chi connectivity index (χ4n) is 2.48. The normalized spacial score (nSPS) is 12.3. The molecule has 2 aromatic carbocycles. The maximum atomic E-state index is 12.3. The summed E-state index contributed by atoms with van der Waals surface area (Å²) in [5.74, 6) is -1.58. The third-order valence-corrected chi connectivity index (χ3v) is 5.32. The fraction of sp³-hybridized carbons (Fsp3) is 0.263. The van der Waals surface area contributed by atoms with Crippen molar-refractivity contribution in [3.63, 3.8) is 0 Å². The van der Waals surface area contributed by atoms with Crippen molar-refractivity contribution < 1.29 is 22.7 Å². The first-order chi connectivity index (χ1) is 12.7. The lowest BCUT2D eigenvalue weighted by Crippen LogP contribution is -2.24. The Bertz CT molecular complexity index is 928. The molecule has 144 valence electrons. The molecule has 0 unspecified atom stereocenters. The third kappa shape index (κ3) is 5.80. The summed E-state index contributed by atoms with van der Waals surface area (Å²) in [5, 5.41) is 2.64. The zero-order valence-electron chi connectivity index (χ0n) is 14.9. The predicted molar refractivity (Wildman–Crippen MR) is 104 cm³/mol. The molecule has 0 radical (unpaired) electrons. The molecule has 1 N–H and O–H groups in total. The van der Waals surface area contributed by atoms with E-state index in [9.17, 15) is 18.0 Å². The molecular formula is C19H20ClNO5S. The first-order valence-corrected chi connectivity index (χ1v) is 10.5. The number of carbonyl (C=O) groups excluding carboxylic acids is 2. The van der Waals surface area contributed by atoms with Crippen LogP contribution in [0.2, 0.25) is 5.02 Å². The predicted octanol–water partition coefficient (Wildman–Crippen LogP) is 3.42. The van der Waals surface area contributed by atoms with Gasteiger partial charge in [0.15, 0.2) is 16.4 Å². The standard InChI is InChI=1S/C19H20ClNO5S/c1-3-15(13-7-5-4-6-8-13)19(23)26-12-18(22)21-17-11-14(27(2,24)25)9-10-16(17)20/h4-11,15H,3,12H2,1-2H3,(H,21,22)/t15-/m1/s1. The molecule has 0 heterocycles. The zero-order chi connectivity index (χ0) is 20.0. The second-order valence-corrected chi connectivity index (χ2v) is 8.36. The molecule has 0 saturated heterocycles. The number of hydrogen-bond donors (Lipinski definition) is 1. The average Bonchev–Trinajstić information content (AvgIpc) is 2.62. The lowest BCUT2D eigenvalue weighted by molar-refractivity contribution is -0.149. The Kier molecular flexibility index (Phi) is 6.98. The van der Waals surface area contributed by atoms with Gasteiger partial charge >= 0.3 is 5.97 Å². The Balaban J connectivity index is 2.01. The minimum Gasteiger partial charge on any atom is -0.455 e. The molecule has 0 bridgehead atoms. The van der Waals surface area contributed by atoms with Gasteiger partial charge in [-0.05, 0) is 30.2 Å². The van der Waals surface area contributed by atoms with Crippen LogP contribution in [-0.4, -0.2) is 33.2 Å². The van der Waals surface area contributed by atoms with Crippen LogP contribution >= 0.6 is 11.6 Å². The lowest BCUT2D eigenvalue weighted by Gasteiger charge is -2.15. The molecule has 1 atom stereocenters. The number of sulfone groups is 1. The molecule has 27 heavy (non-hydrogen) atoms. The quantitative estimate of drug-likeness (QED) is 0.707. The summed E-state index contributed by atoms with van der Waals surface area (Å²) in [4.78, 5) is 24.4. The van der Waals surface area contributed by atoms with E-state index in [0.717, 1.165) is 11.8 Å². The second-order valence-electron chi connectivity index (χ2n) is 5.94. The Morgan fingerprint density at radius 3 is 2.41 bits per heavy atom. The highest BCUT2D eigenvalue weighted by molar-refractivity contribution is 7.90. The molecule has 0 aliphatic heterocycles. The van der Waals surface area contributed by atoms with Crippen molar-refractivity contribution in [2.45, 2.75) is 24.2 Å². The Morgan fingerprint density at radius 1 is 1.15 bits per heavy atom. The molecule has 2 rings (SSSR count). The second kappa shape index (κ2) is 9.01. The molecule has 0 saturated carbocycles. The number of halogens is 1. The monoisotopic (exact) mass is 409 g/mol. The van der Waals surface area contributed by atoms with Crippen molar-refractivity contribution in [1.82, 2.24) is 0 Å². The number of rotatable bonds is 7. The maximum Gasteiger partial charge on any atom is 0.313 e. The fourth-order valence-corrected chi connectivity index (χ4v) is 3.29. The van der Waals surface area contributed by atoms with Crippen LogP contribution in [0, 0.1) is 0 Å². The number of benzene rings is 2. The molecular weight excluding hydrogens is 390 g/mol. The molecule has 0 spiro atoms. The number of hydrogen-bond acceptors (Lipinski definition) is 5. The largest absolute Gasteiger partial charge is 0.455 e. The summed E-state index contributed by atoms with van der Waals surface area (Å²) in [6.45, 7) is 1.36. The van der Waals surface area contributed by atoms with Gasteiger partial charge in [0.05, 0.1) is 21.5 Å². The van der Waals surface area contributed by atoms with Crippen molar-refractivity contribution in [2.24, 2.45) is 0 Å². The van der Waals surface area contributed by atoms with Gasteiger partial charge in [0, 0.05) is 6.26 Å². The summed E-state index contributed by atoms with van der Waals surface area (Å²) < 4.78 is 28.3. The highest BCUT2D eigenvalue weighted by atomic mass is 35.5. The maximum absolute atomic E-state index is 12.3. The Morgan fingerprint density at radius 2 is 1.81 bits per heavy atom. The molecule has 0 aromatic heterocycles. The van der Waals surface area contributed by atoms with Crippen molar-refractivity contribution in [1.29, 1.82) is 0 Å². The number of anilines is 1. The Labute approximate surface area is 163 Å². The summed E-state index contributed by atoms with van der Waals surface area (Å²) >= 11 is 5.99. The van der Waals surface area contributed by atoms with Crippen LogP contribution in [0.3, 0.4) is 0 Å². The van der Waals surface area contributed by atoms with E-state index in [-0.39, 0.29) is 15.6 Å². The average molecular weight is 410 g/mol. The third-order valence-electron chi connectivity index (χ3n) is 3.88. The highest BCUT2D eigenvalue weighted by Gasteiger charge is 2.21. The van der Waals surface area contributed by atoms with Gasteiger partial charge < -0.3 is 10.1 Å². The van der Waals surface area contributed by atoms with Crippen LogP contribution < -0.4 is 5.32 Å². The van der Waals surface area contributed by atoms with Crippen molar-refractivity contribution in [3.05, 3.63) is 59.1 Å². The first-order valence-electron chi connectivity index (χ1n) is 8.23. The summed E-state index contributed by atoms with van der Waals surface area (Å²) in [5.41, 5.74) is 0.949. The smallest absolute Gasteiger partial charge is 0.313 e. The summed E-state index contributed by atoms with van der Waals surface area (Å²) in [6, 6.07) is 13.1. The summed E-state index contributed by atoms with van der Waals surface area (Å²) in [7, 11) is -3.44. The van der Waals surface area contributed by atoms with Gasteiger partial charge in [-0.25, -0.2) is 8.42 Å². The number of amides is 1. The number of ether oxygens (including phenoxy) is 1. The van der Waals surface area contributed by atoms with Crippen LogP contribution in [0.25, 0.3) is 0 Å². The van der Waals surface area contributed by atoms with Crippen molar-refractivity contribution in [2.75, 3.05) is 18.2 Å². The van der Waals surface area contributed by atoms with Crippen LogP contribution in [0.15, 0.2) is 53.4 Å². The number of nitrogens with one attached hydrogen (secondary N) is 1. The van der Waals surface area contributed by atoms with Gasteiger partial charge in [-0.15, -0.1) is 0 Å². The molecule has 0 aliphatic rings. The minimum absolute atomic E-state index is 0.0225. The van der Waals surface area contributed by atoms with Gasteiger partial charge in [0.25, 0.3) is 5.91 Å². The topological polar surface area (TPSA) is 89.5 Å². The molecule has 0 fully saturated rings. The van der Waals surface area contributed by atoms with Crippen molar-refractivity contribution >= 4 is 39.0 Å². The zero-order valence-corrected chi connectivity index (χ0v) is 16.5. The summed E-state index contributed by atoms with van der Waals surface area (Å²) in [6.07, 6.45) is 1.59. The van der Waals surface area contributed by atoms with E-state index < -0.39 is 34.2 Å². The van der Waals surface area contributed by atoms with Crippen LogP contribution in [-0.2, 0) is 24.2 Å². The molecule has 0 aliphatic carbocycles. The van der Waals surface area contributed by atoms with Gasteiger partial charge in [-0.2, -0.15) is 0 Å². The van der Waals surface area contributed by atoms with E-state index in [4.69, 9.17) is 16.3 Å².